The first-order chi connectivity index (χ1) is 7.76. The molecule has 2 N–H and O–H groups in total. The Kier molecular flexibility index (Phi) is 3.61. The Morgan fingerprint density at radius 2 is 2.38 bits per heavy atom. The maximum Gasteiger partial charge on any atom is 0.0518 e. The van der Waals surface area contributed by atoms with Crippen LogP contribution >= 0.6 is 0 Å². The molecular formula is C12H21N3O. The Bertz CT molecular complexity index is 331. The third-order valence-corrected chi connectivity index (χ3v) is 3.78. The van der Waals surface area contributed by atoms with Crippen molar-refractivity contribution in [2.75, 3.05) is 13.2 Å². The van der Waals surface area contributed by atoms with Crippen LogP contribution in [0.5, 0.6) is 0 Å². The van der Waals surface area contributed by atoms with E-state index in [2.05, 4.69) is 10.4 Å². The highest BCUT2D eigenvalue weighted by Gasteiger charge is 2.35. The summed E-state index contributed by atoms with van der Waals surface area (Å²) in [6, 6.07) is 2.03. The third-order valence-electron chi connectivity index (χ3n) is 3.78. The van der Waals surface area contributed by atoms with Crippen LogP contribution in [0.25, 0.3) is 0 Å². The fourth-order valence-corrected chi connectivity index (χ4v) is 2.46. The smallest absolute Gasteiger partial charge is 0.0518 e. The fraction of sp³-hybridized carbons (Fsp3) is 0.750. The maximum atomic E-state index is 9.05. The Balaban J connectivity index is 1.77. The summed E-state index contributed by atoms with van der Waals surface area (Å²) >= 11 is 0. The van der Waals surface area contributed by atoms with Crippen LogP contribution in [-0.2, 0) is 13.6 Å². The van der Waals surface area contributed by atoms with Gasteiger partial charge in [-0.15, -0.1) is 0 Å². The van der Waals surface area contributed by atoms with Crippen molar-refractivity contribution < 1.29 is 5.11 Å². The van der Waals surface area contributed by atoms with Crippen molar-refractivity contribution in [1.82, 2.24) is 15.1 Å². The van der Waals surface area contributed by atoms with Crippen molar-refractivity contribution in [3.05, 3.63) is 18.0 Å². The SMILES string of the molecule is Cn1nccc1CNCC1(CCO)CCC1. The molecule has 1 fully saturated rings. The summed E-state index contributed by atoms with van der Waals surface area (Å²) in [4.78, 5) is 0. The van der Waals surface area contributed by atoms with E-state index >= 15 is 0 Å². The molecule has 0 spiro atoms. The molecule has 1 aliphatic carbocycles. The lowest BCUT2D eigenvalue weighted by Gasteiger charge is -2.42. The van der Waals surface area contributed by atoms with Crippen molar-refractivity contribution in [2.24, 2.45) is 12.5 Å². The topological polar surface area (TPSA) is 50.1 Å². The van der Waals surface area contributed by atoms with Crippen molar-refractivity contribution in [3.8, 4) is 0 Å². The molecule has 1 saturated carbocycles. The van der Waals surface area contributed by atoms with Crippen LogP contribution in [0.4, 0.5) is 0 Å². The first kappa shape index (κ1) is 11.6. The lowest BCUT2D eigenvalue weighted by Crippen LogP contribution is -2.40. The zero-order valence-electron chi connectivity index (χ0n) is 9.95. The van der Waals surface area contributed by atoms with Gasteiger partial charge in [0.05, 0.1) is 5.69 Å². The molecule has 90 valence electrons. The maximum absolute atomic E-state index is 9.05. The van der Waals surface area contributed by atoms with Gasteiger partial charge >= 0.3 is 0 Å². The second-order valence-electron chi connectivity index (χ2n) is 4.88. The van der Waals surface area contributed by atoms with Gasteiger partial charge in [-0.05, 0) is 30.7 Å². The predicted molar refractivity (Wildman–Crippen MR) is 62.9 cm³/mol. The van der Waals surface area contributed by atoms with Gasteiger partial charge in [-0.25, -0.2) is 0 Å². The van der Waals surface area contributed by atoms with Gasteiger partial charge in [0.25, 0.3) is 0 Å². The highest BCUT2D eigenvalue weighted by molar-refractivity contribution is 5.00. The van der Waals surface area contributed by atoms with E-state index in [0.717, 1.165) is 19.5 Å². The molecule has 2 rings (SSSR count). The summed E-state index contributed by atoms with van der Waals surface area (Å²) in [5.74, 6) is 0. The molecule has 0 aliphatic heterocycles. The number of aliphatic hydroxyl groups is 1. The van der Waals surface area contributed by atoms with Crippen LogP contribution < -0.4 is 5.32 Å². The molecule has 0 atom stereocenters. The van der Waals surface area contributed by atoms with Gasteiger partial charge in [-0.1, -0.05) is 6.42 Å². The van der Waals surface area contributed by atoms with Crippen LogP contribution in [0.2, 0.25) is 0 Å². The standard InChI is InChI=1S/C12H21N3O/c1-15-11(3-7-14-15)9-13-10-12(6-8-16)4-2-5-12/h3,7,13,16H,2,4-6,8-10H2,1H3. The van der Waals surface area contributed by atoms with Gasteiger partial charge in [0.15, 0.2) is 0 Å². The van der Waals surface area contributed by atoms with E-state index in [0.29, 0.717) is 12.0 Å². The number of hydrogen-bond donors (Lipinski definition) is 2. The molecule has 4 heteroatoms. The molecule has 0 aromatic carbocycles. The van der Waals surface area contributed by atoms with E-state index in [1.54, 1.807) is 0 Å². The molecule has 1 aromatic rings. The summed E-state index contributed by atoms with van der Waals surface area (Å²) in [6.45, 7) is 2.19. The summed E-state index contributed by atoms with van der Waals surface area (Å²) in [5, 5.41) is 16.7. The Morgan fingerprint density at radius 3 is 2.88 bits per heavy atom. The highest BCUT2D eigenvalue weighted by atomic mass is 16.3. The van der Waals surface area contributed by atoms with Crippen LogP contribution in [0, 0.1) is 5.41 Å². The van der Waals surface area contributed by atoms with Crippen molar-refractivity contribution >= 4 is 0 Å². The number of nitrogens with one attached hydrogen (secondary N) is 1. The summed E-state index contributed by atoms with van der Waals surface area (Å²) in [6.07, 6.45) is 6.58. The van der Waals surface area contributed by atoms with E-state index < -0.39 is 0 Å². The number of rotatable bonds is 6. The average Bonchev–Trinajstić information content (AvgIpc) is 2.61. The summed E-state index contributed by atoms with van der Waals surface area (Å²) < 4.78 is 1.90. The zero-order chi connectivity index (χ0) is 11.4. The van der Waals surface area contributed by atoms with Gasteiger partial charge in [0.2, 0.25) is 0 Å². The van der Waals surface area contributed by atoms with Crippen LogP contribution in [-0.4, -0.2) is 28.0 Å². The highest BCUT2D eigenvalue weighted by Crippen LogP contribution is 2.43. The van der Waals surface area contributed by atoms with E-state index in [-0.39, 0.29) is 0 Å². The Labute approximate surface area is 96.7 Å². The lowest BCUT2D eigenvalue weighted by atomic mass is 9.67. The number of nitrogens with zero attached hydrogens (tertiary/aromatic N) is 2. The van der Waals surface area contributed by atoms with Crippen LogP contribution in [0.1, 0.15) is 31.4 Å². The lowest BCUT2D eigenvalue weighted by molar-refractivity contribution is 0.0857. The molecule has 1 aromatic heterocycles. The quantitative estimate of drug-likeness (QED) is 0.758. The van der Waals surface area contributed by atoms with Gasteiger partial charge in [-0.2, -0.15) is 5.10 Å². The zero-order valence-corrected chi connectivity index (χ0v) is 9.95. The van der Waals surface area contributed by atoms with Crippen molar-refractivity contribution in [3.63, 3.8) is 0 Å². The number of aliphatic hydroxyl groups excluding tert-OH is 1. The minimum atomic E-state index is 0.313. The monoisotopic (exact) mass is 223 g/mol. The first-order valence-corrected chi connectivity index (χ1v) is 6.04. The fourth-order valence-electron chi connectivity index (χ4n) is 2.46. The molecule has 0 radical (unpaired) electrons. The van der Waals surface area contributed by atoms with Gasteiger partial charge in [0.1, 0.15) is 0 Å². The Hall–Kier alpha value is -0.870. The number of aromatic nitrogens is 2. The molecule has 0 unspecified atom stereocenters. The molecule has 0 amide bonds. The van der Waals surface area contributed by atoms with Gasteiger partial charge in [-0.3, -0.25) is 4.68 Å². The minimum Gasteiger partial charge on any atom is -0.396 e. The second kappa shape index (κ2) is 4.97. The van der Waals surface area contributed by atoms with Crippen molar-refractivity contribution in [1.29, 1.82) is 0 Å². The molecule has 4 nitrogen and oxygen atoms in total. The van der Waals surface area contributed by atoms with Gasteiger partial charge in [0, 0.05) is 32.9 Å². The number of aryl methyl sites for hydroxylation is 1. The van der Waals surface area contributed by atoms with Gasteiger partial charge < -0.3 is 10.4 Å². The summed E-state index contributed by atoms with van der Waals surface area (Å²) in [7, 11) is 1.96. The third kappa shape index (κ3) is 2.44. The van der Waals surface area contributed by atoms with Crippen LogP contribution in [0.15, 0.2) is 12.3 Å². The normalized spacial score (nSPS) is 18.4. The molecule has 1 heterocycles. The van der Waals surface area contributed by atoms with E-state index in [9.17, 15) is 0 Å². The molecule has 0 bridgehead atoms. The largest absolute Gasteiger partial charge is 0.396 e. The molecule has 1 aliphatic rings. The Morgan fingerprint density at radius 1 is 1.56 bits per heavy atom. The predicted octanol–water partition coefficient (Wildman–Crippen LogP) is 1.06. The minimum absolute atomic E-state index is 0.313. The molecule has 16 heavy (non-hydrogen) atoms. The summed E-state index contributed by atoms with van der Waals surface area (Å²) in [5.41, 5.74) is 1.58. The molecular weight excluding hydrogens is 202 g/mol. The average molecular weight is 223 g/mol. The van der Waals surface area contributed by atoms with E-state index in [1.807, 2.05) is 24.0 Å². The van der Waals surface area contributed by atoms with E-state index in [4.69, 9.17) is 5.11 Å². The van der Waals surface area contributed by atoms with Crippen LogP contribution in [0.3, 0.4) is 0 Å². The molecule has 0 saturated heterocycles. The van der Waals surface area contributed by atoms with E-state index in [1.165, 1.54) is 25.0 Å². The van der Waals surface area contributed by atoms with Crippen molar-refractivity contribution in [2.45, 2.75) is 32.2 Å². The number of hydrogen-bond acceptors (Lipinski definition) is 3. The second-order valence-corrected chi connectivity index (χ2v) is 4.88. The first-order valence-electron chi connectivity index (χ1n) is 6.04.